The lowest BCUT2D eigenvalue weighted by molar-refractivity contribution is 0.465. The number of nitrogens with one attached hydrogen (secondary N) is 1. The highest BCUT2D eigenvalue weighted by Crippen LogP contribution is 2.20. The molecule has 2 rings (SSSR count). The van der Waals surface area contributed by atoms with Crippen molar-refractivity contribution >= 4 is 37.5 Å². The van der Waals surface area contributed by atoms with Gasteiger partial charge in [0.25, 0.3) is 10.2 Å². The van der Waals surface area contributed by atoms with Crippen LogP contribution in [0.25, 0.3) is 0 Å². The van der Waals surface area contributed by atoms with E-state index in [9.17, 15) is 8.42 Å². The molecular formula is C9H13BrN2O2S2. The van der Waals surface area contributed by atoms with Crippen LogP contribution >= 0.6 is 27.3 Å². The number of rotatable bonds is 4. The van der Waals surface area contributed by atoms with Crippen molar-refractivity contribution in [3.63, 3.8) is 0 Å². The third-order valence-corrected chi connectivity index (χ3v) is 5.71. The predicted octanol–water partition coefficient (Wildman–Crippen LogP) is 1.94. The molecule has 1 saturated heterocycles. The van der Waals surface area contributed by atoms with E-state index in [-0.39, 0.29) is 0 Å². The molecule has 0 aromatic carbocycles. The van der Waals surface area contributed by atoms with Gasteiger partial charge < -0.3 is 0 Å². The van der Waals surface area contributed by atoms with Crippen molar-refractivity contribution in [1.29, 1.82) is 0 Å². The summed E-state index contributed by atoms with van der Waals surface area (Å²) in [5.74, 6) is 0. The second kappa shape index (κ2) is 5.14. The first-order chi connectivity index (χ1) is 7.58. The van der Waals surface area contributed by atoms with E-state index in [1.54, 1.807) is 11.3 Å². The fourth-order valence-electron chi connectivity index (χ4n) is 1.63. The van der Waals surface area contributed by atoms with Gasteiger partial charge in [-0.15, -0.1) is 11.3 Å². The first-order valence-corrected chi connectivity index (χ1v) is 8.17. The van der Waals surface area contributed by atoms with Gasteiger partial charge in [-0.2, -0.15) is 17.4 Å². The van der Waals surface area contributed by atoms with Crippen LogP contribution in [0.15, 0.2) is 15.9 Å². The molecule has 0 unspecified atom stereocenters. The fourth-order valence-corrected chi connectivity index (χ4v) is 4.37. The van der Waals surface area contributed by atoms with Gasteiger partial charge in [0.05, 0.1) is 0 Å². The molecule has 0 bridgehead atoms. The zero-order chi connectivity index (χ0) is 11.6. The molecule has 90 valence electrons. The van der Waals surface area contributed by atoms with Crippen molar-refractivity contribution in [2.45, 2.75) is 19.4 Å². The van der Waals surface area contributed by atoms with Crippen LogP contribution in [0.4, 0.5) is 0 Å². The van der Waals surface area contributed by atoms with Crippen LogP contribution in [0.2, 0.25) is 0 Å². The van der Waals surface area contributed by atoms with Crippen LogP contribution in [0.3, 0.4) is 0 Å². The zero-order valence-corrected chi connectivity index (χ0v) is 11.9. The molecule has 1 fully saturated rings. The maximum Gasteiger partial charge on any atom is 0.279 e. The first kappa shape index (κ1) is 12.5. The number of halogens is 1. The van der Waals surface area contributed by atoms with Gasteiger partial charge in [0.1, 0.15) is 0 Å². The van der Waals surface area contributed by atoms with Gasteiger partial charge in [-0.05, 0) is 34.8 Å². The second-order valence-corrected chi connectivity index (χ2v) is 7.33. The highest BCUT2D eigenvalue weighted by Gasteiger charge is 2.24. The number of hydrogen-bond donors (Lipinski definition) is 1. The lowest BCUT2D eigenvalue weighted by Gasteiger charge is -2.15. The monoisotopic (exact) mass is 324 g/mol. The summed E-state index contributed by atoms with van der Waals surface area (Å²) in [4.78, 5) is 1.01. The average molecular weight is 325 g/mol. The van der Waals surface area contributed by atoms with Crippen molar-refractivity contribution in [1.82, 2.24) is 9.03 Å². The maximum absolute atomic E-state index is 11.8. The summed E-state index contributed by atoms with van der Waals surface area (Å²) < 4.78 is 28.8. The molecule has 16 heavy (non-hydrogen) atoms. The van der Waals surface area contributed by atoms with Crippen molar-refractivity contribution in [3.8, 4) is 0 Å². The molecule has 7 heteroatoms. The van der Waals surface area contributed by atoms with Gasteiger partial charge in [0.15, 0.2) is 0 Å². The Kier molecular flexibility index (Phi) is 4.01. The molecule has 1 N–H and O–H groups in total. The maximum atomic E-state index is 11.8. The molecule has 0 spiro atoms. The Hall–Kier alpha value is 0.0500. The third kappa shape index (κ3) is 3.04. The number of nitrogens with zero attached hydrogens (tertiary/aromatic N) is 1. The predicted molar refractivity (Wildman–Crippen MR) is 68.6 cm³/mol. The van der Waals surface area contributed by atoms with Crippen LogP contribution < -0.4 is 4.72 Å². The molecule has 1 aromatic heterocycles. The molecule has 1 aliphatic rings. The summed E-state index contributed by atoms with van der Waals surface area (Å²) >= 11 is 4.88. The Morgan fingerprint density at radius 3 is 2.69 bits per heavy atom. The van der Waals surface area contributed by atoms with Crippen molar-refractivity contribution in [3.05, 3.63) is 20.8 Å². The number of hydrogen-bond acceptors (Lipinski definition) is 3. The van der Waals surface area contributed by atoms with Gasteiger partial charge in [0.2, 0.25) is 0 Å². The summed E-state index contributed by atoms with van der Waals surface area (Å²) in [6, 6.07) is 1.93. The van der Waals surface area contributed by atoms with E-state index in [4.69, 9.17) is 0 Å². The molecule has 4 nitrogen and oxygen atoms in total. The SMILES string of the molecule is O=S(=O)(NCc1cc(Br)cs1)N1CCCC1. The van der Waals surface area contributed by atoms with Gasteiger partial charge >= 0.3 is 0 Å². The molecule has 1 aromatic rings. The van der Waals surface area contributed by atoms with E-state index >= 15 is 0 Å². The fraction of sp³-hybridized carbons (Fsp3) is 0.556. The van der Waals surface area contributed by atoms with Crippen molar-refractivity contribution in [2.75, 3.05) is 13.1 Å². The van der Waals surface area contributed by atoms with Crippen LogP contribution in [0.1, 0.15) is 17.7 Å². The second-order valence-electron chi connectivity index (χ2n) is 3.66. The summed E-state index contributed by atoms with van der Waals surface area (Å²) in [6.07, 6.45) is 1.93. The minimum absolute atomic E-state index is 0.370. The van der Waals surface area contributed by atoms with E-state index in [0.29, 0.717) is 19.6 Å². The van der Waals surface area contributed by atoms with Crippen LogP contribution in [0.5, 0.6) is 0 Å². The van der Waals surface area contributed by atoms with Crippen molar-refractivity contribution < 1.29 is 8.42 Å². The Bertz CT molecular complexity index is 452. The molecule has 0 aliphatic carbocycles. The molecule has 0 radical (unpaired) electrons. The first-order valence-electron chi connectivity index (χ1n) is 5.05. The van der Waals surface area contributed by atoms with Crippen molar-refractivity contribution in [2.24, 2.45) is 0 Å². The molecule has 1 aliphatic heterocycles. The molecule has 2 heterocycles. The summed E-state index contributed by atoms with van der Waals surface area (Å²) in [5, 5.41) is 1.94. The molecule has 0 atom stereocenters. The van der Waals surface area contributed by atoms with E-state index < -0.39 is 10.2 Å². The highest BCUT2D eigenvalue weighted by molar-refractivity contribution is 9.10. The van der Waals surface area contributed by atoms with Crippen LogP contribution in [-0.2, 0) is 16.8 Å². The summed E-state index contributed by atoms with van der Waals surface area (Å²) in [6.45, 7) is 1.65. The van der Waals surface area contributed by atoms with Crippen LogP contribution in [-0.4, -0.2) is 25.8 Å². The third-order valence-electron chi connectivity index (χ3n) is 2.46. The zero-order valence-electron chi connectivity index (χ0n) is 8.65. The minimum atomic E-state index is -3.27. The van der Waals surface area contributed by atoms with Gasteiger partial charge in [-0.25, -0.2) is 0 Å². The largest absolute Gasteiger partial charge is 0.279 e. The number of thiophene rings is 1. The topological polar surface area (TPSA) is 49.4 Å². The quantitative estimate of drug-likeness (QED) is 0.920. The standard InChI is InChI=1S/C9H13BrN2O2S2/c10-8-5-9(15-7-8)6-11-16(13,14)12-3-1-2-4-12/h5,7,11H,1-4,6H2. The van der Waals surface area contributed by atoms with E-state index in [1.807, 2.05) is 11.4 Å². The molecule has 0 amide bonds. The summed E-state index contributed by atoms with van der Waals surface area (Å²) in [7, 11) is -3.27. The smallest absolute Gasteiger partial charge is 0.197 e. The van der Waals surface area contributed by atoms with Crippen LogP contribution in [0, 0.1) is 0 Å². The molecular weight excluding hydrogens is 312 g/mol. The minimum Gasteiger partial charge on any atom is -0.197 e. The Labute approximate surface area is 108 Å². The summed E-state index contributed by atoms with van der Waals surface area (Å²) in [5.41, 5.74) is 0. The molecule has 0 saturated carbocycles. The lowest BCUT2D eigenvalue weighted by Crippen LogP contribution is -2.38. The van der Waals surface area contributed by atoms with E-state index in [2.05, 4.69) is 20.7 Å². The van der Waals surface area contributed by atoms with Gasteiger partial charge in [-0.1, -0.05) is 0 Å². The lowest BCUT2D eigenvalue weighted by atomic mass is 10.4. The van der Waals surface area contributed by atoms with Gasteiger partial charge in [-0.3, -0.25) is 0 Å². The Balaban J connectivity index is 1.94. The Morgan fingerprint density at radius 1 is 1.44 bits per heavy atom. The Morgan fingerprint density at radius 2 is 2.12 bits per heavy atom. The normalized spacial score (nSPS) is 18.1. The van der Waals surface area contributed by atoms with E-state index in [0.717, 1.165) is 22.2 Å². The van der Waals surface area contributed by atoms with E-state index in [1.165, 1.54) is 4.31 Å². The highest BCUT2D eigenvalue weighted by atomic mass is 79.9. The van der Waals surface area contributed by atoms with Gasteiger partial charge in [0, 0.05) is 34.4 Å². The average Bonchev–Trinajstić information content (AvgIpc) is 2.85.